The van der Waals surface area contributed by atoms with Crippen LogP contribution in [0.15, 0.2) is 36.4 Å². The molecule has 23 heavy (non-hydrogen) atoms. The third kappa shape index (κ3) is 2.46. The number of benzene rings is 1. The van der Waals surface area contributed by atoms with Crippen LogP contribution in [0.1, 0.15) is 25.1 Å². The minimum atomic E-state index is 0.200. The van der Waals surface area contributed by atoms with Crippen molar-refractivity contribution in [3.63, 3.8) is 0 Å². The van der Waals surface area contributed by atoms with Crippen molar-refractivity contribution in [2.75, 3.05) is 11.4 Å². The van der Waals surface area contributed by atoms with Gasteiger partial charge in [-0.2, -0.15) is 9.61 Å². The van der Waals surface area contributed by atoms with Crippen LogP contribution in [0.3, 0.4) is 0 Å². The zero-order chi connectivity index (χ0) is 15.8. The van der Waals surface area contributed by atoms with Gasteiger partial charge in [-0.25, -0.2) is 0 Å². The predicted molar refractivity (Wildman–Crippen MR) is 87.2 cm³/mol. The maximum absolute atomic E-state index is 12.1. The molecule has 1 amide bonds. The molecular formula is C17H17N5O. The van der Waals surface area contributed by atoms with E-state index in [2.05, 4.69) is 15.3 Å². The summed E-state index contributed by atoms with van der Waals surface area (Å²) in [6, 6.07) is 11.8. The van der Waals surface area contributed by atoms with Gasteiger partial charge in [-0.05, 0) is 44.0 Å². The van der Waals surface area contributed by atoms with Crippen molar-refractivity contribution in [1.29, 1.82) is 0 Å². The molecule has 0 unspecified atom stereocenters. The Kier molecular flexibility index (Phi) is 3.29. The fourth-order valence-electron chi connectivity index (χ4n) is 2.96. The third-order valence-electron chi connectivity index (χ3n) is 4.20. The summed E-state index contributed by atoms with van der Waals surface area (Å²) in [4.78, 5) is 14.0. The number of anilines is 1. The number of rotatable bonds is 2. The maximum atomic E-state index is 12.1. The molecule has 2 aromatic heterocycles. The summed E-state index contributed by atoms with van der Waals surface area (Å²) >= 11 is 0. The van der Waals surface area contributed by atoms with E-state index in [1.165, 1.54) is 0 Å². The van der Waals surface area contributed by atoms with Gasteiger partial charge in [0.15, 0.2) is 11.5 Å². The molecule has 6 heteroatoms. The zero-order valence-corrected chi connectivity index (χ0v) is 12.9. The molecule has 0 N–H and O–H groups in total. The number of carbonyl (C=O) groups is 1. The van der Waals surface area contributed by atoms with Crippen LogP contribution in [-0.2, 0) is 4.79 Å². The van der Waals surface area contributed by atoms with E-state index in [9.17, 15) is 4.79 Å². The quantitative estimate of drug-likeness (QED) is 0.730. The van der Waals surface area contributed by atoms with E-state index in [-0.39, 0.29) is 5.91 Å². The number of amides is 1. The average molecular weight is 307 g/mol. The molecule has 1 aliphatic rings. The van der Waals surface area contributed by atoms with E-state index in [0.717, 1.165) is 47.8 Å². The summed E-state index contributed by atoms with van der Waals surface area (Å²) in [7, 11) is 0. The fraction of sp³-hybridized carbons (Fsp3) is 0.294. The van der Waals surface area contributed by atoms with Crippen LogP contribution in [0.2, 0.25) is 0 Å². The van der Waals surface area contributed by atoms with Gasteiger partial charge in [0, 0.05) is 24.2 Å². The molecule has 3 heterocycles. The van der Waals surface area contributed by atoms with E-state index >= 15 is 0 Å². The standard InChI is InChI=1S/C17H17N5O/c1-12-18-19-16-9-8-15(20-22(12)16)13-5-4-6-14(11-13)21-10-3-2-7-17(21)23/h4-6,8-9,11H,2-3,7,10H2,1H3. The van der Waals surface area contributed by atoms with Crippen LogP contribution < -0.4 is 4.90 Å². The molecule has 0 bridgehead atoms. The predicted octanol–water partition coefficient (Wildman–Crippen LogP) is 2.62. The number of aryl methyl sites for hydroxylation is 1. The smallest absolute Gasteiger partial charge is 0.226 e. The SMILES string of the molecule is Cc1nnc2ccc(-c3cccc(N4CCCCC4=O)c3)nn12. The topological polar surface area (TPSA) is 63.4 Å². The van der Waals surface area contributed by atoms with Crippen LogP contribution in [-0.4, -0.2) is 32.3 Å². The Labute approximate surface area is 133 Å². The van der Waals surface area contributed by atoms with Crippen molar-refractivity contribution in [3.05, 3.63) is 42.2 Å². The number of nitrogens with zero attached hydrogens (tertiary/aromatic N) is 5. The summed E-state index contributed by atoms with van der Waals surface area (Å²) in [5.41, 5.74) is 3.49. The molecule has 0 atom stereocenters. The van der Waals surface area contributed by atoms with E-state index in [0.29, 0.717) is 6.42 Å². The van der Waals surface area contributed by atoms with E-state index in [1.54, 1.807) is 4.52 Å². The number of piperidine rings is 1. The average Bonchev–Trinajstić information content (AvgIpc) is 2.96. The second-order valence-corrected chi connectivity index (χ2v) is 5.79. The largest absolute Gasteiger partial charge is 0.312 e. The highest BCUT2D eigenvalue weighted by Crippen LogP contribution is 2.26. The van der Waals surface area contributed by atoms with E-state index < -0.39 is 0 Å². The van der Waals surface area contributed by atoms with Gasteiger partial charge in [0.1, 0.15) is 0 Å². The number of aromatic nitrogens is 4. The fourth-order valence-corrected chi connectivity index (χ4v) is 2.96. The van der Waals surface area contributed by atoms with Crippen LogP contribution in [0.5, 0.6) is 0 Å². The first-order valence-corrected chi connectivity index (χ1v) is 7.82. The van der Waals surface area contributed by atoms with Crippen molar-refractivity contribution in [2.45, 2.75) is 26.2 Å². The van der Waals surface area contributed by atoms with Crippen LogP contribution in [0.4, 0.5) is 5.69 Å². The van der Waals surface area contributed by atoms with Gasteiger partial charge in [-0.1, -0.05) is 12.1 Å². The monoisotopic (exact) mass is 307 g/mol. The zero-order valence-electron chi connectivity index (χ0n) is 12.9. The summed E-state index contributed by atoms with van der Waals surface area (Å²) in [5, 5.41) is 12.7. The number of hydrogen-bond donors (Lipinski definition) is 0. The van der Waals surface area contributed by atoms with Crippen LogP contribution in [0, 0.1) is 6.92 Å². The maximum Gasteiger partial charge on any atom is 0.226 e. The highest BCUT2D eigenvalue weighted by atomic mass is 16.2. The first kappa shape index (κ1) is 13.9. The molecule has 0 saturated carbocycles. The Morgan fingerprint density at radius 2 is 2.00 bits per heavy atom. The van der Waals surface area contributed by atoms with Gasteiger partial charge in [0.05, 0.1) is 5.69 Å². The lowest BCUT2D eigenvalue weighted by Gasteiger charge is -2.27. The Hall–Kier alpha value is -2.76. The Balaban J connectivity index is 1.74. The van der Waals surface area contributed by atoms with Gasteiger partial charge in [-0.15, -0.1) is 10.2 Å². The summed E-state index contributed by atoms with van der Waals surface area (Å²) in [6.07, 6.45) is 2.68. The highest BCUT2D eigenvalue weighted by molar-refractivity contribution is 5.94. The Bertz CT molecular complexity index is 886. The lowest BCUT2D eigenvalue weighted by atomic mass is 10.1. The number of hydrogen-bond acceptors (Lipinski definition) is 4. The molecule has 3 aromatic rings. The Morgan fingerprint density at radius 3 is 2.87 bits per heavy atom. The van der Waals surface area contributed by atoms with Crippen molar-refractivity contribution in [3.8, 4) is 11.3 Å². The van der Waals surface area contributed by atoms with Crippen molar-refractivity contribution < 1.29 is 4.79 Å². The highest BCUT2D eigenvalue weighted by Gasteiger charge is 2.20. The minimum absolute atomic E-state index is 0.200. The lowest BCUT2D eigenvalue weighted by molar-refractivity contribution is -0.119. The molecule has 1 saturated heterocycles. The summed E-state index contributed by atoms with van der Waals surface area (Å²) in [5.74, 6) is 0.954. The molecule has 0 radical (unpaired) electrons. The molecule has 1 fully saturated rings. The second-order valence-electron chi connectivity index (χ2n) is 5.79. The van der Waals surface area contributed by atoms with Gasteiger partial charge in [0.25, 0.3) is 0 Å². The molecule has 1 aliphatic heterocycles. The van der Waals surface area contributed by atoms with Gasteiger partial charge in [0.2, 0.25) is 5.91 Å². The molecule has 116 valence electrons. The number of fused-ring (bicyclic) bond motifs is 1. The molecule has 1 aromatic carbocycles. The van der Waals surface area contributed by atoms with Gasteiger partial charge in [-0.3, -0.25) is 4.79 Å². The lowest BCUT2D eigenvalue weighted by Crippen LogP contribution is -2.35. The molecule has 0 aliphatic carbocycles. The van der Waals surface area contributed by atoms with Crippen molar-refractivity contribution in [2.24, 2.45) is 0 Å². The summed E-state index contributed by atoms with van der Waals surface area (Å²) < 4.78 is 1.73. The van der Waals surface area contributed by atoms with Crippen LogP contribution in [0.25, 0.3) is 16.9 Å². The molecule has 6 nitrogen and oxygen atoms in total. The minimum Gasteiger partial charge on any atom is -0.312 e. The van der Waals surface area contributed by atoms with Crippen molar-refractivity contribution in [1.82, 2.24) is 19.8 Å². The van der Waals surface area contributed by atoms with Crippen LogP contribution >= 0.6 is 0 Å². The number of carbonyl (C=O) groups excluding carboxylic acids is 1. The second kappa shape index (κ2) is 5.46. The van der Waals surface area contributed by atoms with E-state index in [4.69, 9.17) is 0 Å². The summed E-state index contributed by atoms with van der Waals surface area (Å²) in [6.45, 7) is 2.67. The van der Waals surface area contributed by atoms with Crippen molar-refractivity contribution >= 4 is 17.2 Å². The third-order valence-corrected chi connectivity index (χ3v) is 4.20. The Morgan fingerprint density at radius 1 is 1.09 bits per heavy atom. The molecule has 4 rings (SSSR count). The van der Waals surface area contributed by atoms with Gasteiger partial charge < -0.3 is 4.90 Å². The van der Waals surface area contributed by atoms with Gasteiger partial charge >= 0.3 is 0 Å². The van der Waals surface area contributed by atoms with E-state index in [1.807, 2.05) is 48.2 Å². The normalized spacial score (nSPS) is 15.3. The molecular weight excluding hydrogens is 290 g/mol. The first-order chi connectivity index (χ1) is 11.2. The first-order valence-electron chi connectivity index (χ1n) is 7.82. The molecule has 0 spiro atoms.